The van der Waals surface area contributed by atoms with E-state index in [-0.39, 0.29) is 19.0 Å². The fourth-order valence-corrected chi connectivity index (χ4v) is 1.69. The molecule has 0 saturated carbocycles. The minimum absolute atomic E-state index is 0.0694. The van der Waals surface area contributed by atoms with Crippen molar-refractivity contribution in [2.75, 3.05) is 0 Å². The van der Waals surface area contributed by atoms with Crippen LogP contribution in [0.2, 0.25) is 0 Å². The van der Waals surface area contributed by atoms with Gasteiger partial charge in [-0.25, -0.2) is 4.39 Å². The van der Waals surface area contributed by atoms with E-state index in [0.29, 0.717) is 11.3 Å². The molecule has 1 N–H and O–H groups in total. The van der Waals surface area contributed by atoms with Crippen LogP contribution in [0.5, 0.6) is 5.75 Å². The molecule has 2 rings (SSSR count). The highest BCUT2D eigenvalue weighted by molar-refractivity contribution is 5.35. The van der Waals surface area contributed by atoms with Gasteiger partial charge in [-0.15, -0.1) is 0 Å². The van der Waals surface area contributed by atoms with Gasteiger partial charge in [0, 0.05) is 5.56 Å². The molecule has 1 aromatic heterocycles. The van der Waals surface area contributed by atoms with Gasteiger partial charge in [-0.2, -0.15) is 0 Å². The van der Waals surface area contributed by atoms with Gasteiger partial charge in [-0.1, -0.05) is 17.3 Å². The molecule has 0 atom stereocenters. The number of aromatic nitrogens is 1. The lowest BCUT2D eigenvalue weighted by atomic mass is 10.2. The third kappa shape index (κ3) is 2.36. The van der Waals surface area contributed by atoms with Crippen molar-refractivity contribution in [3.63, 3.8) is 0 Å². The first-order chi connectivity index (χ1) is 8.63. The van der Waals surface area contributed by atoms with Crippen LogP contribution in [0.1, 0.15) is 22.6 Å². The Hall–Kier alpha value is -1.88. The molecule has 1 heterocycles. The predicted octanol–water partition coefficient (Wildman–Crippen LogP) is 2.50. The first kappa shape index (κ1) is 12.6. The van der Waals surface area contributed by atoms with Crippen molar-refractivity contribution in [1.29, 1.82) is 0 Å². The van der Waals surface area contributed by atoms with E-state index < -0.39 is 5.82 Å². The topological polar surface area (TPSA) is 55.5 Å². The van der Waals surface area contributed by atoms with Crippen molar-refractivity contribution < 1.29 is 18.8 Å². The van der Waals surface area contributed by atoms with E-state index in [1.165, 1.54) is 12.1 Å². The van der Waals surface area contributed by atoms with E-state index in [1.54, 1.807) is 19.9 Å². The zero-order valence-corrected chi connectivity index (χ0v) is 10.2. The summed E-state index contributed by atoms with van der Waals surface area (Å²) >= 11 is 0. The molecule has 0 radical (unpaired) electrons. The summed E-state index contributed by atoms with van der Waals surface area (Å²) in [6, 6.07) is 4.44. The Kier molecular flexibility index (Phi) is 3.62. The van der Waals surface area contributed by atoms with E-state index >= 15 is 0 Å². The van der Waals surface area contributed by atoms with Crippen molar-refractivity contribution in [3.05, 3.63) is 46.6 Å². The van der Waals surface area contributed by atoms with Crippen LogP contribution >= 0.6 is 0 Å². The molecular formula is C13H14FNO3. The lowest BCUT2D eigenvalue weighted by molar-refractivity contribution is 0.250. The predicted molar refractivity (Wildman–Crippen MR) is 62.6 cm³/mol. The van der Waals surface area contributed by atoms with Gasteiger partial charge < -0.3 is 14.4 Å². The first-order valence-corrected chi connectivity index (χ1v) is 5.56. The van der Waals surface area contributed by atoms with Gasteiger partial charge in [0.25, 0.3) is 0 Å². The maximum Gasteiger partial charge on any atom is 0.165 e. The maximum absolute atomic E-state index is 13.6. The second kappa shape index (κ2) is 5.18. The summed E-state index contributed by atoms with van der Waals surface area (Å²) in [4.78, 5) is 0. The maximum atomic E-state index is 13.6. The number of aryl methyl sites for hydroxylation is 2. The number of aliphatic hydroxyl groups excluding tert-OH is 1. The minimum atomic E-state index is -0.492. The molecule has 18 heavy (non-hydrogen) atoms. The average molecular weight is 251 g/mol. The van der Waals surface area contributed by atoms with Gasteiger partial charge >= 0.3 is 0 Å². The second-order valence-corrected chi connectivity index (χ2v) is 3.98. The Labute approximate surface area is 104 Å². The number of nitrogens with zero attached hydrogens (tertiary/aromatic N) is 1. The van der Waals surface area contributed by atoms with Crippen molar-refractivity contribution in [1.82, 2.24) is 5.16 Å². The van der Waals surface area contributed by atoms with Gasteiger partial charge in [-0.05, 0) is 19.9 Å². The number of hydrogen-bond acceptors (Lipinski definition) is 4. The Bertz CT molecular complexity index is 532. The molecule has 0 aliphatic carbocycles. The van der Waals surface area contributed by atoms with Crippen LogP contribution in [0.15, 0.2) is 22.7 Å². The summed E-state index contributed by atoms with van der Waals surface area (Å²) in [5.41, 5.74) is 1.93. The molecule has 0 saturated heterocycles. The van der Waals surface area contributed by atoms with Gasteiger partial charge in [-0.3, -0.25) is 0 Å². The van der Waals surface area contributed by atoms with E-state index in [0.717, 1.165) is 11.3 Å². The quantitative estimate of drug-likeness (QED) is 0.907. The highest BCUT2D eigenvalue weighted by Crippen LogP contribution is 2.24. The summed E-state index contributed by atoms with van der Waals surface area (Å²) in [7, 11) is 0. The summed E-state index contributed by atoms with van der Waals surface area (Å²) in [6.07, 6.45) is 0. The smallest absolute Gasteiger partial charge is 0.165 e. The monoisotopic (exact) mass is 251 g/mol. The number of benzene rings is 1. The number of rotatable bonds is 4. The van der Waals surface area contributed by atoms with Gasteiger partial charge in [0.1, 0.15) is 12.4 Å². The van der Waals surface area contributed by atoms with Gasteiger partial charge in [0.2, 0.25) is 0 Å². The number of para-hydroxylation sites is 1. The highest BCUT2D eigenvalue weighted by atomic mass is 19.1. The fraction of sp³-hybridized carbons (Fsp3) is 0.308. The molecule has 0 unspecified atom stereocenters. The Morgan fingerprint density at radius 1 is 1.39 bits per heavy atom. The molecule has 0 fully saturated rings. The van der Waals surface area contributed by atoms with Gasteiger partial charge in [0.15, 0.2) is 11.6 Å². The summed E-state index contributed by atoms with van der Waals surface area (Å²) < 4.78 is 24.0. The zero-order chi connectivity index (χ0) is 13.1. The average Bonchev–Trinajstić information content (AvgIpc) is 2.68. The third-order valence-corrected chi connectivity index (χ3v) is 2.76. The molecule has 0 bridgehead atoms. The lowest BCUT2D eigenvalue weighted by Gasteiger charge is -2.10. The molecule has 0 spiro atoms. The Balaban J connectivity index is 2.20. The third-order valence-electron chi connectivity index (χ3n) is 2.76. The first-order valence-electron chi connectivity index (χ1n) is 5.56. The van der Waals surface area contributed by atoms with Crippen LogP contribution < -0.4 is 4.74 Å². The summed E-state index contributed by atoms with van der Waals surface area (Å²) in [5, 5.41) is 12.9. The number of aliphatic hydroxyl groups is 1. The second-order valence-electron chi connectivity index (χ2n) is 3.98. The standard InChI is InChI=1S/C13H14FNO3/c1-8-11(9(2)18-15-8)7-17-13-10(6-16)4-3-5-12(13)14/h3-5,16H,6-7H2,1-2H3. The van der Waals surface area contributed by atoms with Gasteiger partial charge in [0.05, 0.1) is 17.9 Å². The van der Waals surface area contributed by atoms with Crippen LogP contribution in [0.25, 0.3) is 0 Å². The fourth-order valence-electron chi connectivity index (χ4n) is 1.69. The van der Waals surface area contributed by atoms with Crippen LogP contribution in [0.3, 0.4) is 0 Å². The van der Waals surface area contributed by atoms with Crippen molar-refractivity contribution in [2.45, 2.75) is 27.1 Å². The molecule has 1 aromatic carbocycles. The summed E-state index contributed by atoms with van der Waals surface area (Å²) in [5.74, 6) is 0.225. The number of ether oxygens (including phenoxy) is 1. The largest absolute Gasteiger partial charge is 0.485 e. The minimum Gasteiger partial charge on any atom is -0.485 e. The molecule has 5 heteroatoms. The van der Waals surface area contributed by atoms with Crippen molar-refractivity contribution in [2.24, 2.45) is 0 Å². The van der Waals surface area contributed by atoms with E-state index in [9.17, 15) is 4.39 Å². The number of hydrogen-bond donors (Lipinski definition) is 1. The molecular weight excluding hydrogens is 237 g/mol. The van der Waals surface area contributed by atoms with Crippen molar-refractivity contribution in [3.8, 4) is 5.75 Å². The van der Waals surface area contributed by atoms with Crippen LogP contribution in [0, 0.1) is 19.7 Å². The lowest BCUT2D eigenvalue weighted by Crippen LogP contribution is -2.02. The Morgan fingerprint density at radius 2 is 2.17 bits per heavy atom. The SMILES string of the molecule is Cc1noc(C)c1COc1c(F)cccc1CO. The number of halogens is 1. The normalized spacial score (nSPS) is 10.7. The van der Waals surface area contributed by atoms with Crippen LogP contribution in [-0.4, -0.2) is 10.3 Å². The summed E-state index contributed by atoms with van der Waals surface area (Å²) in [6.45, 7) is 3.46. The van der Waals surface area contributed by atoms with Crippen LogP contribution in [0.4, 0.5) is 4.39 Å². The van der Waals surface area contributed by atoms with E-state index in [1.807, 2.05) is 0 Å². The molecule has 0 amide bonds. The molecule has 4 nitrogen and oxygen atoms in total. The highest BCUT2D eigenvalue weighted by Gasteiger charge is 2.13. The van der Waals surface area contributed by atoms with Crippen LogP contribution in [-0.2, 0) is 13.2 Å². The van der Waals surface area contributed by atoms with Crippen molar-refractivity contribution >= 4 is 0 Å². The molecule has 0 aliphatic heterocycles. The van der Waals surface area contributed by atoms with E-state index in [4.69, 9.17) is 14.4 Å². The Morgan fingerprint density at radius 3 is 2.78 bits per heavy atom. The zero-order valence-electron chi connectivity index (χ0n) is 10.2. The molecule has 2 aromatic rings. The van der Waals surface area contributed by atoms with E-state index in [2.05, 4.69) is 5.16 Å². The molecule has 96 valence electrons. The molecule has 0 aliphatic rings.